The Kier molecular flexibility index (Phi) is 19.6. The molecule has 14 nitrogen and oxygen atoms in total. The number of carbonyl (C=O) groups excluding carboxylic acids is 1. The van der Waals surface area contributed by atoms with Gasteiger partial charge in [0.2, 0.25) is 0 Å². The fraction of sp³-hybridized carbons (Fsp3) is 0.605. The van der Waals surface area contributed by atoms with Crippen molar-refractivity contribution in [2.75, 3.05) is 96.9 Å². The highest BCUT2D eigenvalue weighted by Gasteiger charge is 2.26. The molecule has 2 saturated heterocycles. The van der Waals surface area contributed by atoms with E-state index in [4.69, 9.17) is 33.0 Å². The molecule has 0 bridgehead atoms. The molecule has 2 fully saturated rings. The first-order valence-electron chi connectivity index (χ1n) is 20.7. The van der Waals surface area contributed by atoms with E-state index in [1.165, 1.54) is 5.69 Å². The molecule has 1 N–H and O–H groups in total. The predicted molar refractivity (Wildman–Crippen MR) is 247 cm³/mol. The number of anilines is 4. The number of halogens is 1. The lowest BCUT2D eigenvalue weighted by Gasteiger charge is -2.31. The maximum atomic E-state index is 13.0. The van der Waals surface area contributed by atoms with Crippen molar-refractivity contribution in [1.82, 2.24) is 19.9 Å². The fourth-order valence-electron chi connectivity index (χ4n) is 6.74. The van der Waals surface area contributed by atoms with E-state index < -0.39 is 11.7 Å². The zero-order chi connectivity index (χ0) is 42.4. The Hall–Kier alpha value is -3.70. The number of amides is 1. The first kappa shape index (κ1) is 49.0. The van der Waals surface area contributed by atoms with Crippen molar-refractivity contribution in [1.29, 1.82) is 0 Å². The second-order valence-corrected chi connectivity index (χ2v) is 17.2. The van der Waals surface area contributed by atoms with Crippen LogP contribution < -0.4 is 20.0 Å². The quantitative estimate of drug-likeness (QED) is 0.108. The lowest BCUT2D eigenvalue weighted by molar-refractivity contribution is 0.0586. The van der Waals surface area contributed by atoms with Gasteiger partial charge in [0, 0.05) is 86.8 Å². The highest BCUT2D eigenvalue weighted by atomic mass is 35.5. The first-order valence-corrected chi connectivity index (χ1v) is 23.5. The van der Waals surface area contributed by atoms with Crippen LogP contribution in [-0.4, -0.2) is 109 Å². The largest absolute Gasteiger partial charge is 0.445 e. The smallest absolute Gasteiger partial charge is 0.416 e. The van der Waals surface area contributed by atoms with Gasteiger partial charge in [-0.15, -0.1) is 35.9 Å². The van der Waals surface area contributed by atoms with Gasteiger partial charge in [0.05, 0.1) is 49.6 Å². The van der Waals surface area contributed by atoms with E-state index in [1.54, 1.807) is 28.4 Å². The molecule has 0 atom stereocenters. The minimum absolute atomic E-state index is 0. The number of oxazole rings is 2. The second kappa shape index (κ2) is 24.1. The molecule has 0 aliphatic carbocycles. The number of aryl methyl sites for hydroxylation is 8. The number of hydrogen-bond acceptors (Lipinski definition) is 15. The van der Waals surface area contributed by atoms with Crippen molar-refractivity contribution in [3.05, 3.63) is 70.3 Å². The van der Waals surface area contributed by atoms with Gasteiger partial charge in [0.15, 0.2) is 11.8 Å². The maximum absolute atomic E-state index is 13.0. The summed E-state index contributed by atoms with van der Waals surface area (Å²) in [4.78, 5) is 38.0. The van der Waals surface area contributed by atoms with E-state index in [1.807, 2.05) is 46.9 Å². The summed E-state index contributed by atoms with van der Waals surface area (Å²) in [6.45, 7) is 20.1. The SMILES string of the molecule is CCc1oc(CCc2cc(N3CCOCC3)cc(N(CSC)C(=O)OC(C)(C)C)n2)nc1C.CCc1oc(CCc2cc(N3CCOCC3)cc(NCSC)n2)nc1C.Cl. The monoisotopic (exact) mass is 888 g/mol. The Labute approximate surface area is 371 Å². The van der Waals surface area contributed by atoms with E-state index in [0.29, 0.717) is 37.8 Å². The minimum Gasteiger partial charge on any atom is -0.445 e. The number of pyridine rings is 2. The van der Waals surface area contributed by atoms with Gasteiger partial charge in [-0.05, 0) is 72.1 Å². The Balaban J connectivity index is 0.000000267. The molecule has 2 aliphatic heterocycles. The molecule has 0 saturated carbocycles. The summed E-state index contributed by atoms with van der Waals surface area (Å²) in [5.41, 5.74) is 5.55. The summed E-state index contributed by atoms with van der Waals surface area (Å²) in [5, 5.41) is 3.39. The van der Waals surface area contributed by atoms with E-state index in [9.17, 15) is 4.79 Å². The molecule has 6 rings (SSSR count). The highest BCUT2D eigenvalue weighted by Crippen LogP contribution is 2.27. The van der Waals surface area contributed by atoms with Crippen molar-refractivity contribution in [3.63, 3.8) is 0 Å². The number of hydrogen-bond donors (Lipinski definition) is 1. The van der Waals surface area contributed by atoms with E-state index in [-0.39, 0.29) is 12.4 Å². The molecular formula is C43H65ClN8O6S2. The Morgan fingerprint density at radius 2 is 1.25 bits per heavy atom. The van der Waals surface area contributed by atoms with Gasteiger partial charge in [-0.3, -0.25) is 4.90 Å². The van der Waals surface area contributed by atoms with Crippen LogP contribution in [0.5, 0.6) is 0 Å². The lowest BCUT2D eigenvalue weighted by Crippen LogP contribution is -2.38. The number of carbonyl (C=O) groups is 1. The van der Waals surface area contributed by atoms with Crippen LogP contribution in [0.1, 0.15) is 80.7 Å². The van der Waals surface area contributed by atoms with E-state index in [2.05, 4.69) is 63.4 Å². The van der Waals surface area contributed by atoms with Crippen molar-refractivity contribution in [3.8, 4) is 0 Å². The second-order valence-electron chi connectivity index (χ2n) is 15.5. The third kappa shape index (κ3) is 14.7. The summed E-state index contributed by atoms with van der Waals surface area (Å²) in [6, 6.07) is 8.39. The van der Waals surface area contributed by atoms with Gasteiger partial charge in [-0.1, -0.05) is 13.8 Å². The van der Waals surface area contributed by atoms with E-state index >= 15 is 0 Å². The minimum atomic E-state index is -0.585. The molecule has 0 unspecified atom stereocenters. The predicted octanol–water partition coefficient (Wildman–Crippen LogP) is 8.34. The van der Waals surface area contributed by atoms with Crippen molar-refractivity contribution < 1.29 is 27.8 Å². The normalized spacial score (nSPS) is 14.3. The van der Waals surface area contributed by atoms with Crippen LogP contribution in [-0.2, 0) is 52.7 Å². The molecule has 17 heteroatoms. The number of rotatable bonds is 16. The van der Waals surface area contributed by atoms with Crippen LogP contribution in [0.3, 0.4) is 0 Å². The summed E-state index contributed by atoms with van der Waals surface area (Å²) in [7, 11) is 0. The molecule has 4 aromatic rings. The number of aromatic nitrogens is 4. The van der Waals surface area contributed by atoms with Crippen LogP contribution in [0, 0.1) is 13.8 Å². The number of nitrogens with one attached hydrogen (secondary N) is 1. The number of nitrogens with zero attached hydrogens (tertiary/aromatic N) is 7. The van der Waals surface area contributed by atoms with Crippen molar-refractivity contribution >= 4 is 65.0 Å². The Morgan fingerprint density at radius 1 is 0.750 bits per heavy atom. The van der Waals surface area contributed by atoms with Gasteiger partial charge in [-0.25, -0.2) is 24.7 Å². The zero-order valence-corrected chi connectivity index (χ0v) is 39.4. The summed E-state index contributed by atoms with van der Waals surface area (Å²) >= 11 is 3.30. The van der Waals surface area contributed by atoms with Crippen LogP contribution >= 0.6 is 35.9 Å². The molecule has 0 radical (unpaired) electrons. The van der Waals surface area contributed by atoms with E-state index in [0.717, 1.165) is 129 Å². The lowest BCUT2D eigenvalue weighted by atomic mass is 10.2. The van der Waals surface area contributed by atoms with Crippen LogP contribution in [0.15, 0.2) is 33.1 Å². The van der Waals surface area contributed by atoms with Crippen LogP contribution in [0.4, 0.5) is 27.8 Å². The number of ether oxygens (including phenoxy) is 3. The third-order valence-corrected chi connectivity index (χ3v) is 10.7. The Morgan fingerprint density at radius 3 is 1.70 bits per heavy atom. The molecule has 2 aliphatic rings. The average Bonchev–Trinajstić information content (AvgIpc) is 3.80. The molecule has 0 spiro atoms. The first-order chi connectivity index (χ1) is 28.4. The van der Waals surface area contributed by atoms with Crippen LogP contribution in [0.2, 0.25) is 0 Å². The molecule has 332 valence electrons. The molecule has 1 amide bonds. The van der Waals surface area contributed by atoms with Gasteiger partial charge in [-0.2, -0.15) is 0 Å². The third-order valence-electron chi connectivity index (χ3n) is 9.72. The summed E-state index contributed by atoms with van der Waals surface area (Å²) in [6.07, 6.45) is 8.24. The van der Waals surface area contributed by atoms with Gasteiger partial charge >= 0.3 is 6.09 Å². The highest BCUT2D eigenvalue weighted by molar-refractivity contribution is 7.98. The molecule has 4 aromatic heterocycles. The summed E-state index contributed by atoms with van der Waals surface area (Å²) in [5.74, 6) is 6.25. The molecule has 6 heterocycles. The van der Waals surface area contributed by atoms with Crippen LogP contribution in [0.25, 0.3) is 0 Å². The number of morpholine rings is 2. The van der Waals surface area contributed by atoms with Gasteiger partial charge in [0.1, 0.15) is 28.8 Å². The Bertz CT molecular complexity index is 1930. The standard InChI is InChI=1S/C24H36N4O4S.C19H28N4O2S.ClH/c1-7-20-17(2)25-22(31-20)9-8-18-14-19(27-10-12-30-13-11-27)15-21(26-18)28(16-33-6)23(29)32-24(3,4)5;1-4-17-14(2)21-19(25-17)6-5-15-11-16(23-7-9-24-10-8-23)12-18(22-15)20-13-26-3;/h14-15H,7-13,16H2,1-6H3;11-12H,4-10,13H2,1-3H3,(H,20,22);1H. The molecule has 0 aromatic carbocycles. The van der Waals surface area contributed by atoms with Gasteiger partial charge in [0.25, 0.3) is 0 Å². The molecular weight excluding hydrogens is 824 g/mol. The maximum Gasteiger partial charge on any atom is 0.416 e. The molecule has 60 heavy (non-hydrogen) atoms. The summed E-state index contributed by atoms with van der Waals surface area (Å²) < 4.78 is 28.4. The van der Waals surface area contributed by atoms with Crippen molar-refractivity contribution in [2.45, 2.75) is 92.6 Å². The zero-order valence-electron chi connectivity index (χ0n) is 36.9. The topological polar surface area (TPSA) is 144 Å². The number of thioether (sulfide) groups is 2. The fourth-order valence-corrected chi connectivity index (χ4v) is 7.53. The van der Waals surface area contributed by atoms with Crippen molar-refractivity contribution in [2.24, 2.45) is 0 Å². The average molecular weight is 890 g/mol. The van der Waals surface area contributed by atoms with Gasteiger partial charge < -0.3 is 38.2 Å².